The van der Waals surface area contributed by atoms with Gasteiger partial charge in [0, 0.05) is 16.5 Å². The minimum Gasteiger partial charge on any atom is -0.309 e. The van der Waals surface area contributed by atoms with Crippen LogP contribution in [0.1, 0.15) is 0 Å². The smallest absolute Gasteiger partial charge is 0.0541 e. The molecule has 8 rings (SSSR count). The molecular formula is C43H32NP. The van der Waals surface area contributed by atoms with Crippen molar-refractivity contribution in [3.8, 4) is 50.2 Å². The van der Waals surface area contributed by atoms with E-state index in [9.17, 15) is 0 Å². The fourth-order valence-electron chi connectivity index (χ4n) is 6.43. The Balaban J connectivity index is 1.27. The van der Waals surface area contributed by atoms with Crippen molar-refractivity contribution >= 4 is 35.7 Å². The molecule has 1 atom stereocenters. The zero-order valence-electron chi connectivity index (χ0n) is 25.1. The van der Waals surface area contributed by atoms with E-state index in [1.54, 1.807) is 0 Å². The lowest BCUT2D eigenvalue weighted by molar-refractivity contribution is 1.18. The molecule has 214 valence electrons. The lowest BCUT2D eigenvalue weighted by atomic mass is 9.97. The first kappa shape index (κ1) is 27.3. The average Bonchev–Trinajstić information content (AvgIpc) is 3.45. The fraction of sp³-hybridized carbons (Fsp3) is 0.0233. The van der Waals surface area contributed by atoms with Crippen molar-refractivity contribution in [2.24, 2.45) is 0 Å². The second-order valence-corrected chi connectivity index (χ2v) is 12.6. The van der Waals surface area contributed by atoms with Crippen molar-refractivity contribution in [2.45, 2.75) is 0 Å². The first-order valence-corrected chi connectivity index (χ1v) is 16.9. The number of aromatic nitrogens is 1. The van der Waals surface area contributed by atoms with Gasteiger partial charge in [0.05, 0.1) is 11.0 Å². The van der Waals surface area contributed by atoms with E-state index in [0.717, 1.165) is 8.58 Å². The summed E-state index contributed by atoms with van der Waals surface area (Å²) in [7, 11) is 0.756. The molecule has 0 radical (unpaired) electrons. The number of fused-ring (bicyclic) bond motifs is 3. The number of nitrogens with zero attached hydrogens (tertiary/aromatic N) is 1. The molecule has 0 saturated carbocycles. The highest BCUT2D eigenvalue weighted by Crippen LogP contribution is 2.38. The van der Waals surface area contributed by atoms with E-state index in [-0.39, 0.29) is 0 Å². The van der Waals surface area contributed by atoms with Crippen LogP contribution in [-0.2, 0) is 0 Å². The molecule has 45 heavy (non-hydrogen) atoms. The number of hydrogen-bond donors (Lipinski definition) is 0. The normalized spacial score (nSPS) is 11.6. The Morgan fingerprint density at radius 3 is 1.20 bits per heavy atom. The molecule has 0 bridgehead atoms. The minimum absolute atomic E-state index is 0.756. The van der Waals surface area contributed by atoms with E-state index in [0.29, 0.717) is 0 Å². The quantitative estimate of drug-likeness (QED) is 0.169. The lowest BCUT2D eigenvalue weighted by Gasteiger charge is -2.10. The van der Waals surface area contributed by atoms with Crippen LogP contribution in [0.4, 0.5) is 0 Å². The van der Waals surface area contributed by atoms with Crippen molar-refractivity contribution < 1.29 is 0 Å². The number of rotatable bonds is 6. The second-order valence-electron chi connectivity index (χ2n) is 11.5. The summed E-state index contributed by atoms with van der Waals surface area (Å²) in [4.78, 5) is 0. The molecule has 0 aliphatic rings. The van der Waals surface area contributed by atoms with Gasteiger partial charge in [-0.25, -0.2) is 0 Å². The summed E-state index contributed by atoms with van der Waals surface area (Å²) in [6.07, 6.45) is 0. The topological polar surface area (TPSA) is 4.93 Å². The number of benzene rings is 7. The van der Waals surface area contributed by atoms with Gasteiger partial charge in [0.15, 0.2) is 0 Å². The predicted molar refractivity (Wildman–Crippen MR) is 196 cm³/mol. The molecule has 1 nitrogen and oxygen atoms in total. The third kappa shape index (κ3) is 5.16. The van der Waals surface area contributed by atoms with Crippen molar-refractivity contribution in [1.82, 2.24) is 4.57 Å². The third-order valence-electron chi connectivity index (χ3n) is 8.81. The van der Waals surface area contributed by atoms with Gasteiger partial charge in [-0.1, -0.05) is 142 Å². The van der Waals surface area contributed by atoms with Gasteiger partial charge in [-0.05, 0) is 92.9 Å². The minimum atomic E-state index is 0.756. The van der Waals surface area contributed by atoms with Gasteiger partial charge in [-0.15, -0.1) is 0 Å². The van der Waals surface area contributed by atoms with Crippen LogP contribution < -0.4 is 5.30 Å². The molecule has 8 aromatic rings. The van der Waals surface area contributed by atoms with Crippen molar-refractivity contribution in [3.63, 3.8) is 0 Å². The summed E-state index contributed by atoms with van der Waals surface area (Å²) in [5.41, 5.74) is 13.5. The van der Waals surface area contributed by atoms with Crippen LogP contribution in [0.3, 0.4) is 0 Å². The van der Waals surface area contributed by atoms with Crippen LogP contribution in [0.15, 0.2) is 170 Å². The zero-order chi connectivity index (χ0) is 30.2. The van der Waals surface area contributed by atoms with Crippen LogP contribution in [0, 0.1) is 0 Å². The molecule has 1 heterocycles. The van der Waals surface area contributed by atoms with Gasteiger partial charge in [-0.3, -0.25) is 0 Å². The standard InChI is InChI=1S/C43H32NP/c1-45-39-14-8-13-38(29-39)44-42-25-23-36(34-19-15-32(16-20-34)30-9-4-2-5-10-30)27-40(42)41-28-37(24-26-43(41)44)35-21-17-33(18-22-35)31-11-6-3-7-12-31/h2-29,45H,1H3. The highest BCUT2D eigenvalue weighted by Gasteiger charge is 2.15. The summed E-state index contributed by atoms with van der Waals surface area (Å²) in [6.45, 7) is 2.25. The third-order valence-corrected chi connectivity index (χ3v) is 9.70. The molecule has 2 heteroatoms. The van der Waals surface area contributed by atoms with E-state index < -0.39 is 0 Å². The fourth-order valence-corrected chi connectivity index (χ4v) is 6.99. The van der Waals surface area contributed by atoms with Crippen LogP contribution in [-0.4, -0.2) is 11.2 Å². The maximum atomic E-state index is 2.43. The van der Waals surface area contributed by atoms with Gasteiger partial charge in [0.2, 0.25) is 0 Å². The molecule has 0 saturated heterocycles. The van der Waals surface area contributed by atoms with Gasteiger partial charge in [0.25, 0.3) is 0 Å². The Bertz CT molecular complexity index is 2120. The molecule has 0 fully saturated rings. The highest BCUT2D eigenvalue weighted by molar-refractivity contribution is 7.46. The molecule has 0 N–H and O–H groups in total. The monoisotopic (exact) mass is 593 g/mol. The lowest BCUT2D eigenvalue weighted by Crippen LogP contribution is -1.99. The van der Waals surface area contributed by atoms with E-state index in [1.165, 1.54) is 77.3 Å². The number of hydrogen-bond acceptors (Lipinski definition) is 0. The van der Waals surface area contributed by atoms with Crippen molar-refractivity contribution in [3.05, 3.63) is 170 Å². The maximum absolute atomic E-state index is 2.43. The van der Waals surface area contributed by atoms with E-state index in [4.69, 9.17) is 0 Å². The van der Waals surface area contributed by atoms with Crippen LogP contribution in [0.25, 0.3) is 72.0 Å². The summed E-state index contributed by atoms with van der Waals surface area (Å²) in [6, 6.07) is 61.9. The van der Waals surface area contributed by atoms with Gasteiger partial charge >= 0.3 is 0 Å². The summed E-state index contributed by atoms with van der Waals surface area (Å²) in [5, 5.41) is 3.90. The predicted octanol–water partition coefficient (Wildman–Crippen LogP) is 11.4. The van der Waals surface area contributed by atoms with Crippen molar-refractivity contribution in [2.75, 3.05) is 6.66 Å². The van der Waals surface area contributed by atoms with Crippen LogP contribution in [0.5, 0.6) is 0 Å². The summed E-state index contributed by atoms with van der Waals surface area (Å²) in [5.74, 6) is 0. The SMILES string of the molecule is CPc1cccc(-n2c3ccc(-c4ccc(-c5ccccc5)cc4)cc3c3cc(-c4ccc(-c5ccccc5)cc4)ccc32)c1. The van der Waals surface area contributed by atoms with E-state index in [2.05, 4.69) is 181 Å². The Kier molecular flexibility index (Phi) is 7.10. The Hall–Kier alpha value is -5.23. The van der Waals surface area contributed by atoms with Gasteiger partial charge in [-0.2, -0.15) is 0 Å². The summed E-state index contributed by atoms with van der Waals surface area (Å²) >= 11 is 0. The van der Waals surface area contributed by atoms with Crippen LogP contribution in [0.2, 0.25) is 0 Å². The van der Waals surface area contributed by atoms with Crippen molar-refractivity contribution in [1.29, 1.82) is 0 Å². The Labute approximate surface area is 266 Å². The first-order chi connectivity index (χ1) is 22.2. The van der Waals surface area contributed by atoms with E-state index in [1.807, 2.05) is 0 Å². The largest absolute Gasteiger partial charge is 0.309 e. The first-order valence-electron chi connectivity index (χ1n) is 15.4. The molecule has 1 aromatic heterocycles. The molecule has 1 unspecified atom stereocenters. The molecule has 0 aliphatic heterocycles. The molecule has 0 aliphatic carbocycles. The Morgan fingerprint density at radius 1 is 0.356 bits per heavy atom. The van der Waals surface area contributed by atoms with Gasteiger partial charge in [0.1, 0.15) is 0 Å². The zero-order valence-corrected chi connectivity index (χ0v) is 26.1. The highest BCUT2D eigenvalue weighted by atomic mass is 31.1. The maximum Gasteiger partial charge on any atom is 0.0541 e. The summed E-state index contributed by atoms with van der Waals surface area (Å²) < 4.78 is 2.43. The molecule has 7 aromatic carbocycles. The van der Waals surface area contributed by atoms with Crippen LogP contribution >= 0.6 is 8.58 Å². The molecule has 0 amide bonds. The second kappa shape index (κ2) is 11.7. The Morgan fingerprint density at radius 2 is 0.756 bits per heavy atom. The van der Waals surface area contributed by atoms with Gasteiger partial charge < -0.3 is 4.57 Å². The molecular weight excluding hydrogens is 561 g/mol. The average molecular weight is 594 g/mol. The molecule has 0 spiro atoms. The van der Waals surface area contributed by atoms with E-state index >= 15 is 0 Å².